The van der Waals surface area contributed by atoms with Crippen molar-refractivity contribution in [3.63, 3.8) is 0 Å². The van der Waals surface area contributed by atoms with Crippen molar-refractivity contribution in [3.8, 4) is 22.8 Å². The summed E-state index contributed by atoms with van der Waals surface area (Å²) in [6.45, 7) is 0. The molecule has 0 radical (unpaired) electrons. The van der Waals surface area contributed by atoms with Crippen LogP contribution in [0.15, 0.2) is 35.4 Å². The first-order valence-corrected chi connectivity index (χ1v) is 5.26. The Morgan fingerprint density at radius 2 is 2.22 bits per heavy atom. The molecule has 3 rings (SSSR count). The number of nitrogens with zero attached hydrogens (tertiary/aromatic N) is 5. The van der Waals surface area contributed by atoms with Crippen LogP contribution < -0.4 is 5.73 Å². The van der Waals surface area contributed by atoms with Crippen molar-refractivity contribution in [1.29, 1.82) is 0 Å². The van der Waals surface area contributed by atoms with E-state index in [9.17, 15) is 0 Å². The molecular weight excluding hydrogens is 232 g/mol. The van der Waals surface area contributed by atoms with E-state index in [1.54, 1.807) is 29.3 Å². The van der Waals surface area contributed by atoms with E-state index in [0.29, 0.717) is 23.0 Å². The van der Waals surface area contributed by atoms with Gasteiger partial charge in [-0.05, 0) is 6.07 Å². The van der Waals surface area contributed by atoms with Crippen molar-refractivity contribution in [2.24, 2.45) is 7.05 Å². The minimum atomic E-state index is 0.369. The van der Waals surface area contributed by atoms with E-state index in [1.165, 1.54) is 0 Å². The van der Waals surface area contributed by atoms with Gasteiger partial charge in [-0.25, -0.2) is 0 Å². The molecule has 2 N–H and O–H groups in total. The van der Waals surface area contributed by atoms with E-state index in [2.05, 4.69) is 20.2 Å². The molecule has 90 valence electrons. The predicted molar refractivity (Wildman–Crippen MR) is 64.1 cm³/mol. The van der Waals surface area contributed by atoms with Crippen LogP contribution in [0.1, 0.15) is 0 Å². The lowest BCUT2D eigenvalue weighted by molar-refractivity contribution is 0.432. The summed E-state index contributed by atoms with van der Waals surface area (Å²) in [4.78, 5) is 8.20. The first-order valence-electron chi connectivity index (χ1n) is 5.26. The summed E-state index contributed by atoms with van der Waals surface area (Å²) in [6.07, 6.45) is 6.65. The van der Waals surface area contributed by atoms with Crippen molar-refractivity contribution >= 4 is 5.69 Å². The quantitative estimate of drug-likeness (QED) is 0.723. The van der Waals surface area contributed by atoms with Crippen molar-refractivity contribution in [1.82, 2.24) is 24.9 Å². The third kappa shape index (κ3) is 1.71. The Morgan fingerprint density at radius 3 is 2.94 bits per heavy atom. The minimum Gasteiger partial charge on any atom is -0.397 e. The average Bonchev–Trinajstić information content (AvgIpc) is 2.98. The van der Waals surface area contributed by atoms with Crippen LogP contribution >= 0.6 is 0 Å². The fourth-order valence-electron chi connectivity index (χ4n) is 1.59. The van der Waals surface area contributed by atoms with Crippen LogP contribution in [0.3, 0.4) is 0 Å². The smallest absolute Gasteiger partial charge is 0.260 e. The number of rotatable bonds is 2. The zero-order valence-electron chi connectivity index (χ0n) is 9.61. The summed E-state index contributed by atoms with van der Waals surface area (Å²) in [5.74, 6) is 0.850. The Balaban J connectivity index is 2.02. The summed E-state index contributed by atoms with van der Waals surface area (Å²) in [5, 5.41) is 7.95. The molecule has 3 heterocycles. The van der Waals surface area contributed by atoms with Crippen LogP contribution in [0.2, 0.25) is 0 Å². The predicted octanol–water partition coefficient (Wildman–Crippen LogP) is 1.11. The molecule has 0 amide bonds. The first kappa shape index (κ1) is 10.5. The molecule has 3 aromatic rings. The number of pyridine rings is 1. The van der Waals surface area contributed by atoms with Crippen LogP contribution in [0, 0.1) is 0 Å². The van der Waals surface area contributed by atoms with Crippen LogP contribution in [0.4, 0.5) is 5.69 Å². The second-order valence-electron chi connectivity index (χ2n) is 3.79. The Hall–Kier alpha value is -2.70. The van der Waals surface area contributed by atoms with Gasteiger partial charge in [-0.2, -0.15) is 10.1 Å². The summed E-state index contributed by atoms with van der Waals surface area (Å²) < 4.78 is 6.86. The zero-order valence-corrected chi connectivity index (χ0v) is 9.61. The lowest BCUT2D eigenvalue weighted by Crippen LogP contribution is -1.90. The number of hydrogen-bond donors (Lipinski definition) is 1. The highest BCUT2D eigenvalue weighted by molar-refractivity contribution is 5.70. The van der Waals surface area contributed by atoms with Crippen molar-refractivity contribution in [2.75, 3.05) is 5.73 Å². The monoisotopic (exact) mass is 242 g/mol. The van der Waals surface area contributed by atoms with Crippen LogP contribution in [0.5, 0.6) is 0 Å². The molecule has 0 saturated carbocycles. The third-order valence-electron chi connectivity index (χ3n) is 2.47. The summed E-state index contributed by atoms with van der Waals surface area (Å²) in [7, 11) is 1.82. The highest BCUT2D eigenvalue weighted by Gasteiger charge is 2.13. The van der Waals surface area contributed by atoms with Gasteiger partial charge in [0, 0.05) is 19.4 Å². The Labute approximate surface area is 102 Å². The standard InChI is InChI=1S/C11H10N6O/c1-17-6-7(4-14-17)10-15-11(18-16-10)8-2-3-13-5-9(8)12/h2-6H,12H2,1H3. The summed E-state index contributed by atoms with van der Waals surface area (Å²) in [5.41, 5.74) is 7.76. The molecule has 0 aromatic carbocycles. The van der Waals surface area contributed by atoms with Crippen molar-refractivity contribution < 1.29 is 4.52 Å². The van der Waals surface area contributed by atoms with Crippen molar-refractivity contribution in [2.45, 2.75) is 0 Å². The highest BCUT2D eigenvalue weighted by Crippen LogP contribution is 2.25. The minimum absolute atomic E-state index is 0.369. The maximum atomic E-state index is 5.80. The molecule has 0 aliphatic carbocycles. The van der Waals surface area contributed by atoms with Gasteiger partial charge >= 0.3 is 0 Å². The number of anilines is 1. The van der Waals surface area contributed by atoms with Gasteiger partial charge in [-0.3, -0.25) is 9.67 Å². The average molecular weight is 242 g/mol. The molecular formula is C11H10N6O. The zero-order chi connectivity index (χ0) is 12.5. The van der Waals surface area contributed by atoms with Crippen LogP contribution in [-0.2, 0) is 7.05 Å². The van der Waals surface area contributed by atoms with E-state index in [-0.39, 0.29) is 0 Å². The van der Waals surface area contributed by atoms with E-state index in [4.69, 9.17) is 10.3 Å². The van der Waals surface area contributed by atoms with E-state index in [1.807, 2.05) is 13.2 Å². The van der Waals surface area contributed by atoms with Gasteiger partial charge < -0.3 is 10.3 Å². The van der Waals surface area contributed by atoms with Crippen LogP contribution in [0.25, 0.3) is 22.8 Å². The summed E-state index contributed by atoms with van der Waals surface area (Å²) in [6, 6.07) is 1.73. The SMILES string of the molecule is Cn1cc(-c2noc(-c3ccncc3N)n2)cn1. The fourth-order valence-corrected chi connectivity index (χ4v) is 1.59. The van der Waals surface area contributed by atoms with Crippen molar-refractivity contribution in [3.05, 3.63) is 30.9 Å². The maximum absolute atomic E-state index is 5.80. The number of hydrogen-bond acceptors (Lipinski definition) is 6. The third-order valence-corrected chi connectivity index (χ3v) is 2.47. The first-order chi connectivity index (χ1) is 8.74. The van der Waals surface area contributed by atoms with E-state index < -0.39 is 0 Å². The molecule has 3 aromatic heterocycles. The number of nitrogen functional groups attached to an aromatic ring is 1. The second-order valence-corrected chi connectivity index (χ2v) is 3.79. The molecule has 0 fully saturated rings. The normalized spacial score (nSPS) is 10.7. The lowest BCUT2D eigenvalue weighted by Gasteiger charge is -1.96. The molecule has 0 aliphatic heterocycles. The Bertz CT molecular complexity index is 686. The number of aromatic nitrogens is 5. The maximum Gasteiger partial charge on any atom is 0.260 e. The molecule has 7 nitrogen and oxygen atoms in total. The van der Waals surface area contributed by atoms with Gasteiger partial charge in [0.2, 0.25) is 5.82 Å². The topological polar surface area (TPSA) is 95.7 Å². The fraction of sp³-hybridized carbons (Fsp3) is 0.0909. The number of aryl methyl sites for hydroxylation is 1. The largest absolute Gasteiger partial charge is 0.397 e. The van der Waals surface area contributed by atoms with Gasteiger partial charge in [-0.1, -0.05) is 5.16 Å². The van der Waals surface area contributed by atoms with Gasteiger partial charge in [0.25, 0.3) is 5.89 Å². The molecule has 0 unspecified atom stereocenters. The van der Waals surface area contributed by atoms with E-state index >= 15 is 0 Å². The molecule has 0 saturated heterocycles. The molecule has 0 spiro atoms. The Morgan fingerprint density at radius 1 is 1.33 bits per heavy atom. The van der Waals surface area contributed by atoms with Crippen LogP contribution in [-0.4, -0.2) is 24.9 Å². The molecule has 0 atom stereocenters. The molecule has 0 aliphatic rings. The molecule has 0 bridgehead atoms. The Kier molecular flexibility index (Phi) is 2.30. The second kappa shape index (κ2) is 3.95. The number of nitrogens with two attached hydrogens (primary N) is 1. The van der Waals surface area contributed by atoms with E-state index in [0.717, 1.165) is 5.56 Å². The molecule has 18 heavy (non-hydrogen) atoms. The van der Waals surface area contributed by atoms with Gasteiger partial charge in [0.1, 0.15) is 0 Å². The molecule has 7 heteroatoms. The van der Waals surface area contributed by atoms with Gasteiger partial charge in [-0.15, -0.1) is 0 Å². The van der Waals surface area contributed by atoms with Gasteiger partial charge in [0.05, 0.1) is 29.2 Å². The van der Waals surface area contributed by atoms with Gasteiger partial charge in [0.15, 0.2) is 0 Å². The highest BCUT2D eigenvalue weighted by atomic mass is 16.5. The summed E-state index contributed by atoms with van der Waals surface area (Å²) >= 11 is 0. The lowest BCUT2D eigenvalue weighted by atomic mass is 10.2.